The van der Waals surface area contributed by atoms with Crippen molar-refractivity contribution in [2.24, 2.45) is 5.92 Å². The maximum absolute atomic E-state index is 10.7. The fraction of sp³-hybridized carbons (Fsp3) is 0.750. The highest BCUT2D eigenvalue weighted by Gasteiger charge is 2.38. The molecule has 3 rings (SSSR count). The first-order valence-corrected chi connectivity index (χ1v) is 6.70. The second-order valence-corrected chi connectivity index (χ2v) is 5.07. The van der Waals surface area contributed by atoms with Gasteiger partial charge in [0.25, 0.3) is 0 Å². The standard InChI is InChI=1S/C12H17N3O4/c16-15(17)10-6-7-14(13-10)12(9-4-5-9)19-11-3-1-2-8-18-11/h6-7,9,11-12H,1-5,8H2. The molecule has 0 N–H and O–H groups in total. The molecule has 1 aromatic rings. The third kappa shape index (κ3) is 2.93. The molecule has 2 atom stereocenters. The van der Waals surface area contributed by atoms with E-state index in [1.165, 1.54) is 6.07 Å². The SMILES string of the molecule is O=[N+]([O-])c1ccn(C(OC2CCCCO2)C2CC2)n1. The fourth-order valence-electron chi connectivity index (χ4n) is 2.31. The van der Waals surface area contributed by atoms with Gasteiger partial charge in [-0.25, -0.2) is 0 Å². The van der Waals surface area contributed by atoms with E-state index in [4.69, 9.17) is 9.47 Å². The van der Waals surface area contributed by atoms with Crippen LogP contribution in [-0.2, 0) is 9.47 Å². The monoisotopic (exact) mass is 267 g/mol. The Morgan fingerprint density at radius 1 is 1.47 bits per heavy atom. The molecule has 19 heavy (non-hydrogen) atoms. The molecule has 7 heteroatoms. The molecular formula is C12H17N3O4. The summed E-state index contributed by atoms with van der Waals surface area (Å²) in [5, 5.41) is 14.7. The van der Waals surface area contributed by atoms with E-state index < -0.39 is 4.92 Å². The number of rotatable bonds is 5. The highest BCUT2D eigenvalue weighted by molar-refractivity contribution is 5.14. The van der Waals surface area contributed by atoms with E-state index in [-0.39, 0.29) is 18.3 Å². The molecule has 1 saturated carbocycles. The molecule has 1 aromatic heterocycles. The van der Waals surface area contributed by atoms with E-state index in [1.54, 1.807) is 10.9 Å². The van der Waals surface area contributed by atoms with Crippen LogP contribution in [-0.4, -0.2) is 27.6 Å². The van der Waals surface area contributed by atoms with E-state index in [0.717, 1.165) is 38.7 Å². The molecule has 2 aliphatic rings. The molecule has 0 aromatic carbocycles. The minimum absolute atomic E-state index is 0.140. The van der Waals surface area contributed by atoms with E-state index >= 15 is 0 Å². The Balaban J connectivity index is 1.70. The van der Waals surface area contributed by atoms with E-state index in [1.807, 2.05) is 0 Å². The van der Waals surface area contributed by atoms with Gasteiger partial charge in [0.2, 0.25) is 0 Å². The summed E-state index contributed by atoms with van der Waals surface area (Å²) in [6.07, 6.45) is 6.37. The van der Waals surface area contributed by atoms with Gasteiger partial charge in [0.15, 0.2) is 12.5 Å². The number of nitrogens with zero attached hydrogens (tertiary/aromatic N) is 3. The molecule has 2 fully saturated rings. The molecule has 2 unspecified atom stereocenters. The van der Waals surface area contributed by atoms with Crippen LogP contribution in [0.15, 0.2) is 12.3 Å². The number of hydrogen-bond donors (Lipinski definition) is 0. The van der Waals surface area contributed by atoms with Crippen LogP contribution >= 0.6 is 0 Å². The summed E-state index contributed by atoms with van der Waals surface area (Å²) in [4.78, 5) is 10.2. The lowest BCUT2D eigenvalue weighted by Gasteiger charge is -2.26. The molecule has 104 valence electrons. The van der Waals surface area contributed by atoms with Crippen molar-refractivity contribution in [3.05, 3.63) is 22.4 Å². The van der Waals surface area contributed by atoms with Crippen LogP contribution in [0.4, 0.5) is 5.82 Å². The molecular weight excluding hydrogens is 250 g/mol. The van der Waals surface area contributed by atoms with Gasteiger partial charge in [0.1, 0.15) is 0 Å². The van der Waals surface area contributed by atoms with Gasteiger partial charge in [0.05, 0.1) is 17.4 Å². The summed E-state index contributed by atoms with van der Waals surface area (Å²) >= 11 is 0. The molecule has 0 radical (unpaired) electrons. The van der Waals surface area contributed by atoms with Crippen LogP contribution in [0.1, 0.15) is 38.3 Å². The molecule has 2 heterocycles. The van der Waals surface area contributed by atoms with Crippen molar-refractivity contribution >= 4 is 5.82 Å². The average molecular weight is 267 g/mol. The highest BCUT2D eigenvalue weighted by Crippen LogP contribution is 2.41. The minimum Gasteiger partial charge on any atom is -0.358 e. The highest BCUT2D eigenvalue weighted by atomic mass is 16.7. The Morgan fingerprint density at radius 3 is 2.89 bits per heavy atom. The third-order valence-electron chi connectivity index (χ3n) is 3.50. The maximum Gasteiger partial charge on any atom is 0.390 e. The van der Waals surface area contributed by atoms with Gasteiger partial charge >= 0.3 is 5.82 Å². The maximum atomic E-state index is 10.7. The number of nitro groups is 1. The zero-order valence-electron chi connectivity index (χ0n) is 10.6. The second-order valence-electron chi connectivity index (χ2n) is 5.07. The largest absolute Gasteiger partial charge is 0.390 e. The summed E-state index contributed by atoms with van der Waals surface area (Å²) in [6.45, 7) is 0.724. The Hall–Kier alpha value is -1.47. The van der Waals surface area contributed by atoms with Gasteiger partial charge in [0, 0.05) is 12.5 Å². The van der Waals surface area contributed by atoms with Crippen LogP contribution in [0.3, 0.4) is 0 Å². The molecule has 1 aliphatic heterocycles. The van der Waals surface area contributed by atoms with Crippen LogP contribution < -0.4 is 0 Å². The first kappa shape index (κ1) is 12.6. The first-order chi connectivity index (χ1) is 9.24. The second kappa shape index (κ2) is 5.26. The molecule has 1 aliphatic carbocycles. The lowest BCUT2D eigenvalue weighted by molar-refractivity contribution is -0.390. The van der Waals surface area contributed by atoms with Gasteiger partial charge in [-0.1, -0.05) is 0 Å². The summed E-state index contributed by atoms with van der Waals surface area (Å²) in [6, 6.07) is 1.40. The van der Waals surface area contributed by atoms with Crippen molar-refractivity contribution in [3.63, 3.8) is 0 Å². The van der Waals surface area contributed by atoms with Crippen molar-refractivity contribution < 1.29 is 14.4 Å². The van der Waals surface area contributed by atoms with Crippen molar-refractivity contribution in [1.82, 2.24) is 9.78 Å². The van der Waals surface area contributed by atoms with Crippen LogP contribution in [0.25, 0.3) is 0 Å². The quantitative estimate of drug-likeness (QED) is 0.603. The lowest BCUT2D eigenvalue weighted by Crippen LogP contribution is -2.28. The van der Waals surface area contributed by atoms with Gasteiger partial charge in [-0.3, -0.25) is 0 Å². The lowest BCUT2D eigenvalue weighted by atomic mass is 10.2. The summed E-state index contributed by atoms with van der Waals surface area (Å²) in [5.41, 5.74) is 0. The molecule has 0 amide bonds. The normalized spacial score (nSPS) is 25.2. The zero-order valence-corrected chi connectivity index (χ0v) is 10.6. The fourth-order valence-corrected chi connectivity index (χ4v) is 2.31. The predicted molar refractivity (Wildman–Crippen MR) is 65.3 cm³/mol. The molecule has 1 saturated heterocycles. The van der Waals surface area contributed by atoms with E-state index in [0.29, 0.717) is 5.92 Å². The van der Waals surface area contributed by atoms with Crippen LogP contribution in [0.5, 0.6) is 0 Å². The number of aromatic nitrogens is 2. The van der Waals surface area contributed by atoms with Crippen molar-refractivity contribution in [2.75, 3.05) is 6.61 Å². The zero-order chi connectivity index (χ0) is 13.2. The van der Waals surface area contributed by atoms with Gasteiger partial charge in [-0.2, -0.15) is 4.68 Å². The molecule has 0 bridgehead atoms. The third-order valence-corrected chi connectivity index (χ3v) is 3.50. The van der Waals surface area contributed by atoms with Gasteiger partial charge in [-0.05, 0) is 37.0 Å². The Bertz CT molecular complexity index is 452. The van der Waals surface area contributed by atoms with E-state index in [2.05, 4.69) is 5.10 Å². The van der Waals surface area contributed by atoms with Crippen LogP contribution in [0.2, 0.25) is 0 Å². The minimum atomic E-state index is -0.489. The summed E-state index contributed by atoms with van der Waals surface area (Å²) in [5.74, 6) is 0.254. The number of hydrogen-bond acceptors (Lipinski definition) is 5. The van der Waals surface area contributed by atoms with Gasteiger partial charge in [-0.15, -0.1) is 0 Å². The predicted octanol–water partition coefficient (Wildman–Crippen LogP) is 2.24. The topological polar surface area (TPSA) is 79.4 Å². The van der Waals surface area contributed by atoms with Crippen LogP contribution in [0, 0.1) is 16.0 Å². The van der Waals surface area contributed by atoms with Gasteiger partial charge < -0.3 is 19.6 Å². The summed E-state index contributed by atoms with van der Waals surface area (Å²) in [7, 11) is 0. The molecule has 7 nitrogen and oxygen atoms in total. The summed E-state index contributed by atoms with van der Waals surface area (Å²) < 4.78 is 13.1. The van der Waals surface area contributed by atoms with Crippen molar-refractivity contribution in [3.8, 4) is 0 Å². The Kier molecular flexibility index (Phi) is 3.48. The molecule has 0 spiro atoms. The van der Waals surface area contributed by atoms with Crippen molar-refractivity contribution in [1.29, 1.82) is 0 Å². The van der Waals surface area contributed by atoms with Crippen molar-refractivity contribution in [2.45, 2.75) is 44.6 Å². The average Bonchev–Trinajstić information content (AvgIpc) is 3.13. The Morgan fingerprint density at radius 2 is 2.32 bits per heavy atom. The first-order valence-electron chi connectivity index (χ1n) is 6.70. The van der Waals surface area contributed by atoms with E-state index in [9.17, 15) is 10.1 Å². The number of ether oxygens (including phenoxy) is 2. The smallest absolute Gasteiger partial charge is 0.358 e. The Labute approximate surface area is 110 Å².